The molecule has 3 aliphatic rings. The topological polar surface area (TPSA) is 87.7 Å². The van der Waals surface area contributed by atoms with Crippen molar-refractivity contribution in [3.8, 4) is 0 Å². The molecule has 1 aromatic rings. The van der Waals surface area contributed by atoms with Crippen molar-refractivity contribution >= 4 is 35.2 Å². The van der Waals surface area contributed by atoms with Crippen LogP contribution in [0, 0.1) is 25.7 Å². The molecular weight excluding hydrogens is 390 g/mol. The molecule has 8 heteroatoms. The lowest BCUT2D eigenvalue weighted by atomic mass is 9.76. The second kappa shape index (κ2) is 7.41. The van der Waals surface area contributed by atoms with Crippen LogP contribution in [0.15, 0.2) is 12.1 Å². The minimum absolute atomic E-state index is 0.197. The van der Waals surface area contributed by atoms with E-state index in [4.69, 9.17) is 4.74 Å². The summed E-state index contributed by atoms with van der Waals surface area (Å²) in [5.41, 5.74) is 2.41. The van der Waals surface area contributed by atoms with Gasteiger partial charge in [-0.15, -0.1) is 0 Å². The summed E-state index contributed by atoms with van der Waals surface area (Å²) in [6.45, 7) is 4.47. The summed E-state index contributed by atoms with van der Waals surface area (Å²) >= 11 is 1.69. The van der Waals surface area contributed by atoms with E-state index in [-0.39, 0.29) is 36.9 Å². The van der Waals surface area contributed by atoms with E-state index in [0.717, 1.165) is 28.1 Å². The molecule has 29 heavy (non-hydrogen) atoms. The molecule has 0 aromatic heterocycles. The van der Waals surface area contributed by atoms with Crippen LogP contribution < -0.4 is 10.6 Å². The number of likely N-dealkylation sites (tertiary alicyclic amines) is 1. The summed E-state index contributed by atoms with van der Waals surface area (Å²) in [4.78, 5) is 41.3. The van der Waals surface area contributed by atoms with Gasteiger partial charge in [-0.25, -0.2) is 0 Å². The van der Waals surface area contributed by atoms with E-state index < -0.39 is 17.4 Å². The summed E-state index contributed by atoms with van der Waals surface area (Å²) in [6.07, 6.45) is 2.73. The van der Waals surface area contributed by atoms with Crippen LogP contribution in [-0.4, -0.2) is 60.9 Å². The smallest absolute Gasteiger partial charge is 0.250 e. The fourth-order valence-corrected chi connectivity index (χ4v) is 5.56. The first-order valence-electron chi connectivity index (χ1n) is 9.91. The number of benzene rings is 1. The third kappa shape index (κ3) is 2.76. The first-order chi connectivity index (χ1) is 13.9. The van der Waals surface area contributed by atoms with Crippen molar-refractivity contribution in [1.29, 1.82) is 0 Å². The number of fused-ring (bicyclic) bond motifs is 4. The zero-order valence-electron chi connectivity index (χ0n) is 17.2. The number of thioether (sulfide) groups is 1. The number of amides is 3. The van der Waals surface area contributed by atoms with Gasteiger partial charge < -0.3 is 10.1 Å². The second-order valence-corrected chi connectivity index (χ2v) is 9.03. The third-order valence-corrected chi connectivity index (χ3v) is 7.31. The molecule has 4 atom stereocenters. The summed E-state index contributed by atoms with van der Waals surface area (Å²) in [5, 5.41) is 6.48. The molecule has 3 heterocycles. The lowest BCUT2D eigenvalue weighted by Gasteiger charge is -2.29. The van der Waals surface area contributed by atoms with Gasteiger partial charge in [-0.2, -0.15) is 11.8 Å². The predicted octanol–water partition coefficient (Wildman–Crippen LogP) is 1.42. The van der Waals surface area contributed by atoms with Gasteiger partial charge in [-0.3, -0.25) is 24.6 Å². The van der Waals surface area contributed by atoms with Crippen molar-refractivity contribution < 1.29 is 19.1 Å². The molecule has 2 N–H and O–H groups in total. The average Bonchev–Trinajstić information content (AvgIpc) is 3.27. The maximum Gasteiger partial charge on any atom is 0.250 e. The largest absolute Gasteiger partial charge is 0.383 e. The predicted molar refractivity (Wildman–Crippen MR) is 112 cm³/mol. The molecule has 3 aliphatic heterocycles. The highest BCUT2D eigenvalue weighted by molar-refractivity contribution is 7.98. The lowest BCUT2D eigenvalue weighted by Crippen LogP contribution is -2.53. The molecule has 0 bridgehead atoms. The fourth-order valence-electron chi connectivity index (χ4n) is 5.08. The molecule has 4 rings (SSSR count). The maximum absolute atomic E-state index is 13.4. The summed E-state index contributed by atoms with van der Waals surface area (Å²) < 4.78 is 5.09. The van der Waals surface area contributed by atoms with Crippen molar-refractivity contribution in [3.05, 3.63) is 28.8 Å². The van der Waals surface area contributed by atoms with Crippen LogP contribution in [0.25, 0.3) is 0 Å². The van der Waals surface area contributed by atoms with Gasteiger partial charge in [0.05, 0.1) is 25.0 Å². The first kappa shape index (κ1) is 20.4. The zero-order chi connectivity index (χ0) is 20.9. The number of hydrogen-bond donors (Lipinski definition) is 2. The number of carbonyl (C=O) groups is 3. The SMILES string of the molecule is COCCN1C(=O)[C@H]2[C@@H](C1=O)[C@@]1(N[C@@H]2CCSC)C(=O)Nc2c1ccc(C)c2C. The van der Waals surface area contributed by atoms with Crippen molar-refractivity contribution in [2.24, 2.45) is 11.8 Å². The minimum Gasteiger partial charge on any atom is -0.383 e. The van der Waals surface area contributed by atoms with Crippen LogP contribution >= 0.6 is 11.8 Å². The third-order valence-electron chi connectivity index (χ3n) is 6.66. The molecule has 2 saturated heterocycles. The number of anilines is 1. The number of methoxy groups -OCH3 is 1. The zero-order valence-corrected chi connectivity index (χ0v) is 18.0. The van der Waals surface area contributed by atoms with Gasteiger partial charge in [0, 0.05) is 24.4 Å². The Kier molecular flexibility index (Phi) is 5.21. The highest BCUT2D eigenvalue weighted by Gasteiger charge is 2.70. The van der Waals surface area contributed by atoms with E-state index in [1.165, 1.54) is 4.90 Å². The Bertz CT molecular complexity index is 889. The first-order valence-corrected chi connectivity index (χ1v) is 11.3. The highest BCUT2D eigenvalue weighted by atomic mass is 32.2. The number of nitrogens with zero attached hydrogens (tertiary/aromatic N) is 1. The van der Waals surface area contributed by atoms with Crippen molar-refractivity contribution in [1.82, 2.24) is 10.2 Å². The molecule has 2 fully saturated rings. The van der Waals surface area contributed by atoms with Gasteiger partial charge >= 0.3 is 0 Å². The Labute approximate surface area is 174 Å². The fraction of sp³-hybridized carbons (Fsp3) is 0.571. The van der Waals surface area contributed by atoms with Crippen molar-refractivity contribution in [2.45, 2.75) is 31.8 Å². The van der Waals surface area contributed by atoms with E-state index >= 15 is 0 Å². The van der Waals surface area contributed by atoms with Gasteiger partial charge in [0.2, 0.25) is 17.7 Å². The molecule has 0 aliphatic carbocycles. The Balaban J connectivity index is 1.83. The van der Waals surface area contributed by atoms with Crippen LogP contribution in [0.4, 0.5) is 5.69 Å². The minimum atomic E-state index is -1.20. The molecule has 0 unspecified atom stereocenters. The maximum atomic E-state index is 13.4. The standard InChI is InChI=1S/C21H27N3O4S/c1-11-5-6-13-17(12(11)2)22-20(27)21(13)16-15(14(23-21)7-10-29-4)18(25)24(19(16)26)8-9-28-3/h5-6,14-16,23H,7-10H2,1-4H3,(H,22,27)/t14-,15-,16+,21-/m1/s1. The molecule has 0 saturated carbocycles. The van der Waals surface area contributed by atoms with Gasteiger partial charge in [0.25, 0.3) is 0 Å². The average molecular weight is 418 g/mol. The molecule has 0 radical (unpaired) electrons. The Morgan fingerprint density at radius 2 is 1.97 bits per heavy atom. The van der Waals surface area contributed by atoms with E-state index in [1.54, 1.807) is 18.9 Å². The summed E-state index contributed by atoms with van der Waals surface area (Å²) in [6, 6.07) is 3.67. The van der Waals surface area contributed by atoms with E-state index in [1.807, 2.05) is 32.2 Å². The summed E-state index contributed by atoms with van der Waals surface area (Å²) in [7, 11) is 1.54. The molecule has 156 valence electrons. The molecule has 1 aromatic carbocycles. The molecular formula is C21H27N3O4S. The number of imide groups is 1. The van der Waals surface area contributed by atoms with Gasteiger partial charge in [-0.1, -0.05) is 12.1 Å². The van der Waals surface area contributed by atoms with E-state index in [2.05, 4.69) is 10.6 Å². The van der Waals surface area contributed by atoms with Gasteiger partial charge in [-0.05, 0) is 43.4 Å². The van der Waals surface area contributed by atoms with Crippen LogP contribution in [0.2, 0.25) is 0 Å². The van der Waals surface area contributed by atoms with Gasteiger partial charge in [0.15, 0.2) is 0 Å². The van der Waals surface area contributed by atoms with Crippen molar-refractivity contribution in [3.63, 3.8) is 0 Å². The highest BCUT2D eigenvalue weighted by Crippen LogP contribution is 2.54. The molecule has 1 spiro atoms. The quantitative estimate of drug-likeness (QED) is 0.681. The van der Waals surface area contributed by atoms with Crippen LogP contribution in [0.1, 0.15) is 23.1 Å². The van der Waals surface area contributed by atoms with Crippen LogP contribution in [0.5, 0.6) is 0 Å². The number of nitrogens with one attached hydrogen (secondary N) is 2. The van der Waals surface area contributed by atoms with E-state index in [0.29, 0.717) is 6.42 Å². The Morgan fingerprint density at radius 1 is 1.21 bits per heavy atom. The van der Waals surface area contributed by atoms with Crippen molar-refractivity contribution in [2.75, 3.05) is 37.6 Å². The number of aryl methyl sites for hydroxylation is 1. The molecule has 7 nitrogen and oxygen atoms in total. The Morgan fingerprint density at radius 3 is 2.66 bits per heavy atom. The Hall–Kier alpha value is -1.90. The number of ether oxygens (including phenoxy) is 1. The number of hydrogen-bond acceptors (Lipinski definition) is 6. The summed E-state index contributed by atoms with van der Waals surface area (Å²) in [5.74, 6) is -1.14. The monoisotopic (exact) mass is 417 g/mol. The normalized spacial score (nSPS) is 30.3. The molecule has 3 amide bonds. The number of carbonyl (C=O) groups excluding carboxylic acids is 3. The van der Waals surface area contributed by atoms with Crippen LogP contribution in [-0.2, 0) is 24.7 Å². The van der Waals surface area contributed by atoms with Crippen LogP contribution in [0.3, 0.4) is 0 Å². The number of rotatable bonds is 6. The van der Waals surface area contributed by atoms with E-state index in [9.17, 15) is 14.4 Å². The van der Waals surface area contributed by atoms with Gasteiger partial charge in [0.1, 0.15) is 5.54 Å². The second-order valence-electron chi connectivity index (χ2n) is 8.05. The lowest BCUT2D eigenvalue weighted by molar-refractivity contribution is -0.143.